The van der Waals surface area contributed by atoms with Crippen molar-refractivity contribution < 1.29 is 23.1 Å². The lowest BCUT2D eigenvalue weighted by atomic mass is 9.69. The van der Waals surface area contributed by atoms with E-state index in [0.29, 0.717) is 31.9 Å². The molecule has 1 fully saturated rings. The highest BCUT2D eigenvalue weighted by atomic mass is 35.5. The second-order valence-corrected chi connectivity index (χ2v) is 13.1. The van der Waals surface area contributed by atoms with Crippen LogP contribution in [-0.2, 0) is 22.9 Å². The summed E-state index contributed by atoms with van der Waals surface area (Å²) < 4.78 is 33.6. The number of benzene rings is 2. The molecule has 1 aliphatic carbocycles. The van der Waals surface area contributed by atoms with Gasteiger partial charge in [-0.3, -0.25) is 4.79 Å². The topological polar surface area (TPSA) is 95.9 Å². The number of sulfonamides is 1. The van der Waals surface area contributed by atoms with Crippen LogP contribution in [0.5, 0.6) is 5.75 Å². The van der Waals surface area contributed by atoms with Crippen molar-refractivity contribution in [3.8, 4) is 5.75 Å². The van der Waals surface area contributed by atoms with Crippen molar-refractivity contribution in [2.75, 3.05) is 30.3 Å². The Morgan fingerprint density at radius 2 is 1.87 bits per heavy atom. The van der Waals surface area contributed by atoms with Crippen LogP contribution < -0.4 is 14.4 Å². The summed E-state index contributed by atoms with van der Waals surface area (Å²) in [6.45, 7) is 1.96. The SMILES string of the molecule is O=C1NS(=O)(=O)C/C=C/C[C@H](O)[C@@H]2CC[C@H]2CN2CCc3ccc(Cl)cc3CCCCCOc3ccc1cc32. The summed E-state index contributed by atoms with van der Waals surface area (Å²) in [6.07, 6.45) is 9.76. The molecule has 9 heteroatoms. The van der Waals surface area contributed by atoms with Crippen molar-refractivity contribution in [1.82, 2.24) is 4.72 Å². The number of ether oxygens (including phenoxy) is 1. The van der Waals surface area contributed by atoms with Gasteiger partial charge in [0.2, 0.25) is 10.0 Å². The number of hydrogen-bond donors (Lipinski definition) is 2. The smallest absolute Gasteiger partial charge is 0.264 e. The molecule has 1 saturated carbocycles. The average molecular weight is 573 g/mol. The first kappa shape index (κ1) is 28.0. The Morgan fingerprint density at radius 3 is 2.69 bits per heavy atom. The molecule has 2 N–H and O–H groups in total. The molecule has 2 aliphatic heterocycles. The zero-order chi connectivity index (χ0) is 27.4. The van der Waals surface area contributed by atoms with E-state index >= 15 is 0 Å². The van der Waals surface area contributed by atoms with Gasteiger partial charge in [0.1, 0.15) is 5.75 Å². The number of anilines is 1. The van der Waals surface area contributed by atoms with E-state index in [4.69, 9.17) is 16.3 Å². The Morgan fingerprint density at radius 1 is 1.00 bits per heavy atom. The first-order chi connectivity index (χ1) is 18.8. The molecule has 2 aromatic carbocycles. The molecular weight excluding hydrogens is 536 g/mol. The Bertz CT molecular complexity index is 1330. The minimum absolute atomic E-state index is 0.138. The molecule has 0 saturated heterocycles. The summed E-state index contributed by atoms with van der Waals surface area (Å²) >= 11 is 6.35. The third-order valence-electron chi connectivity index (χ3n) is 8.26. The van der Waals surface area contributed by atoms with Gasteiger partial charge in [-0.25, -0.2) is 13.1 Å². The fourth-order valence-electron chi connectivity index (χ4n) is 5.90. The van der Waals surface area contributed by atoms with Gasteiger partial charge in [0.05, 0.1) is 24.2 Å². The highest BCUT2D eigenvalue weighted by Gasteiger charge is 2.37. The van der Waals surface area contributed by atoms with Crippen LogP contribution in [0.3, 0.4) is 0 Å². The van der Waals surface area contributed by atoms with Crippen LogP contribution in [0.15, 0.2) is 48.6 Å². The van der Waals surface area contributed by atoms with Gasteiger partial charge in [-0.15, -0.1) is 0 Å². The van der Waals surface area contributed by atoms with E-state index in [0.717, 1.165) is 55.7 Å². The van der Waals surface area contributed by atoms with E-state index in [1.165, 1.54) is 17.2 Å². The first-order valence-corrected chi connectivity index (χ1v) is 16.0. The number of carbonyl (C=O) groups is 1. The number of rotatable bonds is 0. The molecule has 39 heavy (non-hydrogen) atoms. The number of nitrogens with one attached hydrogen (secondary N) is 1. The number of halogens is 1. The summed E-state index contributed by atoms with van der Waals surface area (Å²) in [5, 5.41) is 11.7. The van der Waals surface area contributed by atoms with Gasteiger partial charge in [-0.2, -0.15) is 0 Å². The molecule has 5 rings (SSSR count). The largest absolute Gasteiger partial charge is 0.491 e. The second-order valence-electron chi connectivity index (χ2n) is 10.9. The van der Waals surface area contributed by atoms with Gasteiger partial charge in [0.25, 0.3) is 5.91 Å². The lowest BCUT2D eigenvalue weighted by Gasteiger charge is -2.43. The molecule has 2 bridgehead atoms. The van der Waals surface area contributed by atoms with Crippen molar-refractivity contribution in [1.29, 1.82) is 0 Å². The third-order valence-corrected chi connectivity index (χ3v) is 9.63. The van der Waals surface area contributed by atoms with Gasteiger partial charge in [-0.1, -0.05) is 29.8 Å². The Hall–Kier alpha value is -2.55. The number of fused-ring (bicyclic) bond motifs is 3. The normalized spacial score (nSPS) is 26.8. The van der Waals surface area contributed by atoms with Crippen LogP contribution in [0.4, 0.5) is 5.69 Å². The number of aliphatic hydroxyl groups is 1. The minimum Gasteiger partial charge on any atom is -0.491 e. The zero-order valence-electron chi connectivity index (χ0n) is 22.1. The maximum absolute atomic E-state index is 13.0. The van der Waals surface area contributed by atoms with Gasteiger partial charge in [-0.05, 0) is 105 Å². The predicted octanol–water partition coefficient (Wildman–Crippen LogP) is 4.90. The van der Waals surface area contributed by atoms with Gasteiger partial charge >= 0.3 is 0 Å². The second kappa shape index (κ2) is 12.3. The van der Waals surface area contributed by atoms with Crippen molar-refractivity contribution in [2.24, 2.45) is 11.8 Å². The molecule has 2 heterocycles. The number of carbonyl (C=O) groups excluding carboxylic acids is 1. The molecule has 3 atom stereocenters. The minimum atomic E-state index is -3.86. The molecule has 2 aromatic rings. The van der Waals surface area contributed by atoms with Crippen LogP contribution in [0, 0.1) is 11.8 Å². The van der Waals surface area contributed by atoms with Crippen molar-refractivity contribution in [3.05, 3.63) is 70.3 Å². The summed E-state index contributed by atoms with van der Waals surface area (Å²) in [4.78, 5) is 15.3. The number of hydrogen-bond acceptors (Lipinski definition) is 6. The quantitative estimate of drug-likeness (QED) is 0.436. The molecular formula is C30H37ClN2O5S. The maximum atomic E-state index is 13.0. The monoisotopic (exact) mass is 572 g/mol. The fourth-order valence-corrected chi connectivity index (χ4v) is 6.97. The highest BCUT2D eigenvalue weighted by Crippen LogP contribution is 2.41. The van der Waals surface area contributed by atoms with E-state index in [2.05, 4.69) is 21.8 Å². The van der Waals surface area contributed by atoms with Crippen molar-refractivity contribution in [3.63, 3.8) is 0 Å². The van der Waals surface area contributed by atoms with Gasteiger partial charge in [0, 0.05) is 23.7 Å². The van der Waals surface area contributed by atoms with Crippen molar-refractivity contribution >= 4 is 33.2 Å². The predicted molar refractivity (Wildman–Crippen MR) is 154 cm³/mol. The molecule has 7 nitrogen and oxygen atoms in total. The van der Waals surface area contributed by atoms with E-state index in [1.54, 1.807) is 24.3 Å². The van der Waals surface area contributed by atoms with E-state index in [9.17, 15) is 18.3 Å². The lowest BCUT2D eigenvalue weighted by molar-refractivity contribution is 0.0181. The third kappa shape index (κ3) is 6.97. The molecule has 3 aliphatic rings. The van der Waals surface area contributed by atoms with E-state index < -0.39 is 22.0 Å². The highest BCUT2D eigenvalue weighted by molar-refractivity contribution is 7.90. The van der Waals surface area contributed by atoms with E-state index in [-0.39, 0.29) is 23.2 Å². The molecule has 0 aromatic heterocycles. The number of aryl methyl sites for hydroxylation is 1. The number of amides is 1. The Kier molecular flexibility index (Phi) is 8.84. The molecule has 210 valence electrons. The van der Waals surface area contributed by atoms with Gasteiger partial charge < -0.3 is 14.7 Å². The Balaban J connectivity index is 1.55. The van der Waals surface area contributed by atoms with Crippen LogP contribution in [0.25, 0.3) is 0 Å². The number of aliphatic hydroxyl groups excluding tert-OH is 1. The van der Waals surface area contributed by atoms with Crippen LogP contribution in [0.2, 0.25) is 5.02 Å². The van der Waals surface area contributed by atoms with E-state index in [1.807, 2.05) is 6.07 Å². The molecule has 1 amide bonds. The zero-order valence-corrected chi connectivity index (χ0v) is 23.7. The first-order valence-electron chi connectivity index (χ1n) is 14.0. The average Bonchev–Trinajstić information content (AvgIpc) is 2.89. The summed E-state index contributed by atoms with van der Waals surface area (Å²) in [7, 11) is -3.86. The molecule has 0 radical (unpaired) electrons. The molecule has 0 unspecified atom stereocenters. The Labute approximate surface area is 236 Å². The van der Waals surface area contributed by atoms with Gasteiger partial charge in [0.15, 0.2) is 0 Å². The van der Waals surface area contributed by atoms with Crippen molar-refractivity contribution in [2.45, 2.75) is 57.5 Å². The van der Waals surface area contributed by atoms with Crippen LogP contribution >= 0.6 is 11.6 Å². The van der Waals surface area contributed by atoms with Crippen LogP contribution in [0.1, 0.15) is 60.0 Å². The standard InChI is InChI=1S/C30H37ClN2O5S/c31-25-11-8-21-14-15-33-20-24-9-12-26(24)28(34)7-3-5-17-39(36,37)32-30(35)23-10-13-29(27(33)19-23)38-16-4-1-2-6-22(21)18-25/h3,5,8,10-11,13,18-19,24,26,28,34H,1-2,4,6-7,9,12,14-17,20H2,(H,32,35)/b5-3+/t24-,26+,28-/m0/s1. The summed E-state index contributed by atoms with van der Waals surface area (Å²) in [6, 6.07) is 11.3. The molecule has 0 spiro atoms. The summed E-state index contributed by atoms with van der Waals surface area (Å²) in [5.74, 6) is 0.133. The van der Waals surface area contributed by atoms with Crippen LogP contribution in [-0.4, -0.2) is 51.0 Å². The lowest BCUT2D eigenvalue weighted by Crippen LogP contribution is -2.44. The maximum Gasteiger partial charge on any atom is 0.264 e. The summed E-state index contributed by atoms with van der Waals surface area (Å²) in [5.41, 5.74) is 3.57. The number of nitrogens with zero attached hydrogens (tertiary/aromatic N) is 1. The fraction of sp³-hybridized carbons (Fsp3) is 0.500.